The van der Waals surface area contributed by atoms with Gasteiger partial charge in [0.05, 0.1) is 6.04 Å². The molecule has 192 valence electrons. The van der Waals surface area contributed by atoms with Crippen molar-refractivity contribution in [1.82, 2.24) is 20.8 Å². The molecule has 2 heterocycles. The highest BCUT2D eigenvalue weighted by molar-refractivity contribution is 7.15. The average Bonchev–Trinajstić information content (AvgIpc) is 3.13. The molecule has 0 saturated carbocycles. The van der Waals surface area contributed by atoms with Crippen LogP contribution >= 0.6 is 11.3 Å². The number of carboxylic acids is 1. The number of nitrogens with one attached hydrogen (secondary N) is 2. The second kappa shape index (κ2) is 12.1. The van der Waals surface area contributed by atoms with Gasteiger partial charge >= 0.3 is 18.3 Å². The van der Waals surface area contributed by atoms with E-state index >= 15 is 0 Å². The maximum Gasteiger partial charge on any atom is 0.490 e. The third-order valence-electron chi connectivity index (χ3n) is 4.18. The number of aliphatic carboxylic acids is 1. The lowest BCUT2D eigenvalue weighted by Gasteiger charge is -2.28. The van der Waals surface area contributed by atoms with E-state index in [4.69, 9.17) is 9.90 Å². The van der Waals surface area contributed by atoms with E-state index in [2.05, 4.69) is 20.8 Å². The van der Waals surface area contributed by atoms with Crippen molar-refractivity contribution in [2.45, 2.75) is 51.1 Å². The minimum Gasteiger partial charge on any atom is -0.475 e. The number of aromatic nitrogens is 2. The fraction of sp³-hybridized carbons (Fsp3) is 0.611. The molecule has 1 aromatic heterocycles. The molecule has 0 aliphatic carbocycles. The van der Waals surface area contributed by atoms with Crippen LogP contribution in [-0.4, -0.2) is 64.9 Å². The molecule has 2 rings (SSSR count). The summed E-state index contributed by atoms with van der Waals surface area (Å²) in [5, 5.41) is 18.2. The van der Waals surface area contributed by atoms with Crippen LogP contribution in [0.1, 0.15) is 31.7 Å². The van der Waals surface area contributed by atoms with Gasteiger partial charge in [0, 0.05) is 19.2 Å². The number of carbonyl (C=O) groups is 3. The summed E-state index contributed by atoms with van der Waals surface area (Å²) >= 11 is 0.292. The molecule has 1 aliphatic heterocycles. The van der Waals surface area contributed by atoms with Crippen LogP contribution in [0.25, 0.3) is 0 Å². The Morgan fingerprint density at radius 3 is 2.18 bits per heavy atom. The number of hydrogen-bond acceptors (Lipinski definition) is 7. The Kier molecular flexibility index (Phi) is 10.4. The Hall–Kier alpha value is -2.75. The molecule has 0 aromatic carbocycles. The van der Waals surface area contributed by atoms with Crippen LogP contribution in [0.5, 0.6) is 0 Å². The minimum absolute atomic E-state index is 0.128. The molecule has 1 saturated heterocycles. The fourth-order valence-electron chi connectivity index (χ4n) is 2.36. The summed E-state index contributed by atoms with van der Waals surface area (Å²) < 4.78 is 69.6. The second-order valence-electron chi connectivity index (χ2n) is 7.49. The predicted molar refractivity (Wildman–Crippen MR) is 109 cm³/mol. The molecule has 1 aliphatic rings. The summed E-state index contributed by atoms with van der Waals surface area (Å²) in [7, 11) is 1.32. The standard InChI is InChI=1S/C16H22F3N5O2S.C2HF3O2/c1-9(2)8-10(21-13(26)11-6-7-20-11)4-5-12(25)24(3)15-23-22-14(27-15)16(17,18)19;3-2(4,5)1(6)7/h4-5,9-11,20H,6-8H2,1-3H3,(H,21,26);(H,6,7)/b5-4+;/t10-,11+;/m1./s1. The normalized spacial score (nSPS) is 16.9. The zero-order valence-electron chi connectivity index (χ0n) is 18.2. The van der Waals surface area contributed by atoms with Crippen molar-refractivity contribution in [2.24, 2.45) is 5.92 Å². The van der Waals surface area contributed by atoms with Crippen LogP contribution < -0.4 is 15.5 Å². The highest BCUT2D eigenvalue weighted by Crippen LogP contribution is 2.34. The SMILES string of the molecule is CC(C)C[C@@H](/C=C/C(=O)N(C)c1nnc(C(F)(F)F)s1)NC(=O)[C@@H]1CCN1.O=C(O)C(F)(F)F. The van der Waals surface area contributed by atoms with Gasteiger partial charge in [-0.3, -0.25) is 14.5 Å². The van der Waals surface area contributed by atoms with Crippen molar-refractivity contribution >= 4 is 34.3 Å². The second-order valence-corrected chi connectivity index (χ2v) is 8.44. The molecule has 1 fully saturated rings. The monoisotopic (exact) mass is 519 g/mol. The van der Waals surface area contributed by atoms with Crippen molar-refractivity contribution in [3.05, 3.63) is 17.2 Å². The van der Waals surface area contributed by atoms with Gasteiger partial charge < -0.3 is 15.7 Å². The zero-order valence-corrected chi connectivity index (χ0v) is 19.0. The quantitative estimate of drug-likeness (QED) is 0.374. The van der Waals surface area contributed by atoms with E-state index in [0.29, 0.717) is 17.8 Å². The Labute approximate surface area is 194 Å². The summed E-state index contributed by atoms with van der Waals surface area (Å²) in [4.78, 5) is 34.2. The van der Waals surface area contributed by atoms with Crippen LogP contribution in [0, 0.1) is 5.92 Å². The molecule has 9 nitrogen and oxygen atoms in total. The Balaban J connectivity index is 0.000000718. The number of anilines is 1. The van der Waals surface area contributed by atoms with E-state index in [9.17, 15) is 35.9 Å². The smallest absolute Gasteiger partial charge is 0.475 e. The predicted octanol–water partition coefficient (Wildman–Crippen LogP) is 2.60. The molecule has 1 aromatic rings. The molecule has 0 bridgehead atoms. The fourth-order valence-corrected chi connectivity index (χ4v) is 3.04. The highest BCUT2D eigenvalue weighted by atomic mass is 32.1. The Bertz CT molecular complexity index is 883. The van der Waals surface area contributed by atoms with E-state index < -0.39 is 29.2 Å². The van der Waals surface area contributed by atoms with Gasteiger partial charge in [-0.15, -0.1) is 10.2 Å². The topological polar surface area (TPSA) is 125 Å². The first kappa shape index (κ1) is 29.3. The zero-order chi connectivity index (χ0) is 26.3. The van der Waals surface area contributed by atoms with Gasteiger partial charge in [0.1, 0.15) is 0 Å². The van der Waals surface area contributed by atoms with Crippen molar-refractivity contribution in [3.8, 4) is 0 Å². The van der Waals surface area contributed by atoms with Crippen molar-refractivity contribution < 1.29 is 45.8 Å². The van der Waals surface area contributed by atoms with Gasteiger partial charge in [-0.25, -0.2) is 4.79 Å². The van der Waals surface area contributed by atoms with Crippen molar-refractivity contribution in [1.29, 1.82) is 0 Å². The van der Waals surface area contributed by atoms with E-state index in [1.54, 1.807) is 6.08 Å². The summed E-state index contributed by atoms with van der Waals surface area (Å²) in [6, 6.07) is -0.564. The third kappa shape index (κ3) is 9.62. The first-order chi connectivity index (χ1) is 15.5. The summed E-state index contributed by atoms with van der Waals surface area (Å²) in [6.45, 7) is 4.78. The van der Waals surface area contributed by atoms with E-state index in [0.717, 1.165) is 17.9 Å². The third-order valence-corrected chi connectivity index (χ3v) is 5.23. The Morgan fingerprint density at radius 1 is 1.24 bits per heavy atom. The average molecular weight is 519 g/mol. The van der Waals surface area contributed by atoms with Crippen molar-refractivity contribution in [2.75, 3.05) is 18.5 Å². The Morgan fingerprint density at radius 2 is 1.79 bits per heavy atom. The summed E-state index contributed by atoms with van der Waals surface area (Å²) in [5.74, 6) is -3.16. The molecule has 2 atom stereocenters. The summed E-state index contributed by atoms with van der Waals surface area (Å²) in [6.07, 6.45) is -5.50. The first-order valence-electron chi connectivity index (χ1n) is 9.72. The van der Waals surface area contributed by atoms with E-state index in [-0.39, 0.29) is 29.0 Å². The number of rotatable bonds is 7. The molecule has 16 heteroatoms. The number of carbonyl (C=O) groups excluding carboxylic acids is 2. The van der Waals surface area contributed by atoms with Gasteiger partial charge in [-0.2, -0.15) is 26.3 Å². The number of halogens is 6. The molecule has 0 unspecified atom stereocenters. The van der Waals surface area contributed by atoms with Gasteiger partial charge in [-0.1, -0.05) is 31.3 Å². The van der Waals surface area contributed by atoms with Crippen molar-refractivity contribution in [3.63, 3.8) is 0 Å². The van der Waals surface area contributed by atoms with Gasteiger partial charge in [0.2, 0.25) is 16.0 Å². The molecule has 0 radical (unpaired) electrons. The lowest BCUT2D eigenvalue weighted by molar-refractivity contribution is -0.192. The molecule has 0 spiro atoms. The van der Waals surface area contributed by atoms with Gasteiger partial charge in [0.25, 0.3) is 5.91 Å². The maximum absolute atomic E-state index is 12.6. The van der Waals surface area contributed by atoms with E-state index in [1.807, 2.05) is 13.8 Å². The minimum atomic E-state index is -5.08. The number of hydrogen-bond donors (Lipinski definition) is 3. The van der Waals surface area contributed by atoms with Crippen LogP contribution in [-0.2, 0) is 20.6 Å². The van der Waals surface area contributed by atoms with Gasteiger partial charge in [0.15, 0.2) is 0 Å². The highest BCUT2D eigenvalue weighted by Gasteiger charge is 2.38. The van der Waals surface area contributed by atoms with Crippen LogP contribution in [0.3, 0.4) is 0 Å². The number of carboxylic acid groups (broad SMARTS) is 1. The molecular formula is C18H23F6N5O4S. The van der Waals surface area contributed by atoms with E-state index in [1.165, 1.54) is 13.1 Å². The van der Waals surface area contributed by atoms with Crippen LogP contribution in [0.2, 0.25) is 0 Å². The van der Waals surface area contributed by atoms with Crippen LogP contribution in [0.15, 0.2) is 12.2 Å². The molecule has 3 N–H and O–H groups in total. The number of amides is 2. The first-order valence-corrected chi connectivity index (χ1v) is 10.5. The number of likely N-dealkylation sites (N-methyl/N-ethyl adjacent to an activating group) is 1. The largest absolute Gasteiger partial charge is 0.490 e. The number of nitrogens with zero attached hydrogens (tertiary/aromatic N) is 3. The maximum atomic E-state index is 12.6. The van der Waals surface area contributed by atoms with Gasteiger partial charge in [-0.05, 0) is 25.3 Å². The molecule has 34 heavy (non-hydrogen) atoms. The summed E-state index contributed by atoms with van der Waals surface area (Å²) in [5.41, 5.74) is 0. The molecule has 2 amide bonds. The lowest BCUT2D eigenvalue weighted by atomic mass is 10.0. The lowest BCUT2D eigenvalue weighted by Crippen LogP contribution is -2.55. The number of alkyl halides is 6. The van der Waals surface area contributed by atoms with Crippen LogP contribution in [0.4, 0.5) is 31.5 Å². The molecular weight excluding hydrogens is 496 g/mol.